The number of likely N-dealkylation sites (N-methyl/N-ethyl adjacent to an activating group) is 1. The molecule has 112 valence electrons. The molecule has 0 aliphatic heterocycles. The second kappa shape index (κ2) is 6.95. The first kappa shape index (κ1) is 15.8. The van der Waals surface area contributed by atoms with Crippen molar-refractivity contribution in [3.63, 3.8) is 0 Å². The molecule has 1 atom stereocenters. The van der Waals surface area contributed by atoms with Gasteiger partial charge in [-0.25, -0.2) is 0 Å². The topological polar surface area (TPSA) is 21.3 Å². The number of rotatable bonds is 6. The quantitative estimate of drug-likeness (QED) is 0.820. The first-order valence-corrected chi connectivity index (χ1v) is 8.44. The smallest absolute Gasteiger partial charge is 0.119 e. The summed E-state index contributed by atoms with van der Waals surface area (Å²) in [5, 5.41) is 3.72. The average Bonchev–Trinajstić information content (AvgIpc) is 2.88. The van der Waals surface area contributed by atoms with Crippen molar-refractivity contribution in [2.45, 2.75) is 52.0 Å². The normalized spacial score (nSPS) is 19.0. The number of ether oxygens (including phenoxy) is 1. The van der Waals surface area contributed by atoms with Gasteiger partial charge in [0.25, 0.3) is 0 Å². The molecule has 0 bridgehead atoms. The lowest BCUT2D eigenvalue weighted by atomic mass is 9.78. The summed E-state index contributed by atoms with van der Waals surface area (Å²) in [7, 11) is 1.73. The van der Waals surface area contributed by atoms with Crippen LogP contribution in [0.1, 0.15) is 45.1 Å². The van der Waals surface area contributed by atoms with Gasteiger partial charge in [0, 0.05) is 10.5 Å². The number of benzene rings is 1. The molecule has 1 aliphatic rings. The van der Waals surface area contributed by atoms with Gasteiger partial charge in [0.2, 0.25) is 0 Å². The van der Waals surface area contributed by atoms with Crippen molar-refractivity contribution in [1.82, 2.24) is 5.32 Å². The molecule has 0 saturated heterocycles. The lowest BCUT2D eigenvalue weighted by Crippen LogP contribution is -2.43. The highest BCUT2D eigenvalue weighted by Gasteiger charge is 2.36. The van der Waals surface area contributed by atoms with Crippen LogP contribution in [0.4, 0.5) is 0 Å². The fraction of sp³-hybridized carbons (Fsp3) is 0.647. The Bertz CT molecular complexity index is 441. The SMILES string of the molecule is CCNC(Cc1cc(OC)ccc1Br)C1(C)CCCC1. The van der Waals surface area contributed by atoms with E-state index in [0.29, 0.717) is 11.5 Å². The van der Waals surface area contributed by atoms with Gasteiger partial charge in [0.15, 0.2) is 0 Å². The van der Waals surface area contributed by atoms with E-state index in [1.54, 1.807) is 7.11 Å². The van der Waals surface area contributed by atoms with Gasteiger partial charge in [-0.3, -0.25) is 0 Å². The number of hydrogen-bond acceptors (Lipinski definition) is 2. The van der Waals surface area contributed by atoms with Crippen molar-refractivity contribution in [3.8, 4) is 5.75 Å². The van der Waals surface area contributed by atoms with E-state index in [0.717, 1.165) is 18.7 Å². The van der Waals surface area contributed by atoms with Crippen molar-refractivity contribution >= 4 is 15.9 Å². The molecule has 0 radical (unpaired) electrons. The van der Waals surface area contributed by atoms with Crippen molar-refractivity contribution in [2.24, 2.45) is 5.41 Å². The minimum atomic E-state index is 0.429. The molecule has 3 heteroatoms. The van der Waals surface area contributed by atoms with E-state index in [9.17, 15) is 0 Å². The van der Waals surface area contributed by atoms with Gasteiger partial charge >= 0.3 is 0 Å². The van der Waals surface area contributed by atoms with E-state index in [2.05, 4.69) is 47.2 Å². The lowest BCUT2D eigenvalue weighted by Gasteiger charge is -2.35. The number of halogens is 1. The fourth-order valence-electron chi connectivity index (χ4n) is 3.40. The Hall–Kier alpha value is -0.540. The Morgan fingerprint density at radius 1 is 1.35 bits per heavy atom. The highest BCUT2D eigenvalue weighted by Crippen LogP contribution is 2.42. The van der Waals surface area contributed by atoms with Crippen LogP contribution in [0.3, 0.4) is 0 Å². The summed E-state index contributed by atoms with van der Waals surface area (Å²) in [6.07, 6.45) is 6.48. The third kappa shape index (κ3) is 3.56. The minimum absolute atomic E-state index is 0.429. The first-order valence-electron chi connectivity index (χ1n) is 7.65. The molecule has 1 N–H and O–H groups in total. The molecule has 0 aromatic heterocycles. The van der Waals surface area contributed by atoms with Crippen LogP contribution in [-0.4, -0.2) is 19.7 Å². The highest BCUT2D eigenvalue weighted by molar-refractivity contribution is 9.10. The van der Waals surface area contributed by atoms with E-state index in [4.69, 9.17) is 4.74 Å². The predicted molar refractivity (Wildman–Crippen MR) is 88.4 cm³/mol. The predicted octanol–water partition coefficient (Wildman–Crippen LogP) is 4.56. The zero-order valence-electron chi connectivity index (χ0n) is 12.8. The molecule has 0 spiro atoms. The standard InChI is InChI=1S/C17H26BrNO/c1-4-19-16(17(2)9-5-6-10-17)12-13-11-14(20-3)7-8-15(13)18/h7-8,11,16,19H,4-6,9-10,12H2,1-3H3. The van der Waals surface area contributed by atoms with Crippen LogP contribution in [0.2, 0.25) is 0 Å². The summed E-state index contributed by atoms with van der Waals surface area (Å²) in [5.41, 5.74) is 1.77. The number of nitrogens with one attached hydrogen (secondary N) is 1. The molecular weight excluding hydrogens is 314 g/mol. The van der Waals surface area contributed by atoms with Gasteiger partial charge in [-0.1, -0.05) is 42.6 Å². The second-order valence-corrected chi connectivity index (χ2v) is 6.99. The van der Waals surface area contributed by atoms with E-state index < -0.39 is 0 Å². The van der Waals surface area contributed by atoms with Crippen molar-refractivity contribution in [2.75, 3.05) is 13.7 Å². The largest absolute Gasteiger partial charge is 0.497 e. The van der Waals surface area contributed by atoms with Crippen LogP contribution in [0, 0.1) is 5.41 Å². The monoisotopic (exact) mass is 339 g/mol. The summed E-state index contributed by atoms with van der Waals surface area (Å²) in [4.78, 5) is 0. The molecule has 1 aromatic carbocycles. The molecule has 1 aliphatic carbocycles. The molecule has 0 amide bonds. The molecule has 1 unspecified atom stereocenters. The third-order valence-corrected chi connectivity index (χ3v) is 5.49. The van der Waals surface area contributed by atoms with E-state index in [1.807, 2.05) is 6.07 Å². The third-order valence-electron chi connectivity index (χ3n) is 4.71. The number of methoxy groups -OCH3 is 1. The van der Waals surface area contributed by atoms with Crippen LogP contribution in [0.25, 0.3) is 0 Å². The van der Waals surface area contributed by atoms with E-state index in [1.165, 1.54) is 35.7 Å². The van der Waals surface area contributed by atoms with Crippen LogP contribution < -0.4 is 10.1 Å². The maximum absolute atomic E-state index is 5.36. The summed E-state index contributed by atoms with van der Waals surface area (Å²) >= 11 is 3.68. The van der Waals surface area contributed by atoms with Gasteiger partial charge in [-0.15, -0.1) is 0 Å². The van der Waals surface area contributed by atoms with Crippen molar-refractivity contribution < 1.29 is 4.74 Å². The Morgan fingerprint density at radius 2 is 2.05 bits per heavy atom. The molecule has 1 fully saturated rings. The molecule has 2 rings (SSSR count). The second-order valence-electron chi connectivity index (χ2n) is 6.13. The highest BCUT2D eigenvalue weighted by atomic mass is 79.9. The Labute approximate surface area is 131 Å². The van der Waals surface area contributed by atoms with Crippen molar-refractivity contribution in [3.05, 3.63) is 28.2 Å². The summed E-state index contributed by atoms with van der Waals surface area (Å²) < 4.78 is 6.54. The number of hydrogen-bond donors (Lipinski definition) is 1. The zero-order valence-corrected chi connectivity index (χ0v) is 14.4. The Balaban J connectivity index is 2.19. The van der Waals surface area contributed by atoms with Gasteiger partial charge in [-0.05, 0) is 55.0 Å². The molecule has 1 saturated carbocycles. The Kier molecular flexibility index (Phi) is 5.50. The molecule has 2 nitrogen and oxygen atoms in total. The summed E-state index contributed by atoms with van der Waals surface area (Å²) in [6.45, 7) is 5.68. The fourth-order valence-corrected chi connectivity index (χ4v) is 3.81. The van der Waals surface area contributed by atoms with E-state index >= 15 is 0 Å². The lowest BCUT2D eigenvalue weighted by molar-refractivity contribution is 0.221. The molecule has 0 heterocycles. The van der Waals surface area contributed by atoms with Gasteiger partial charge in [0.1, 0.15) is 5.75 Å². The van der Waals surface area contributed by atoms with Gasteiger partial charge in [-0.2, -0.15) is 0 Å². The van der Waals surface area contributed by atoms with Crippen LogP contribution in [0.15, 0.2) is 22.7 Å². The molecule has 20 heavy (non-hydrogen) atoms. The zero-order chi connectivity index (χ0) is 14.6. The summed E-state index contributed by atoms with van der Waals surface area (Å²) in [6, 6.07) is 6.80. The molecule has 1 aromatic rings. The average molecular weight is 340 g/mol. The first-order chi connectivity index (χ1) is 9.59. The summed E-state index contributed by atoms with van der Waals surface area (Å²) in [5.74, 6) is 0.940. The van der Waals surface area contributed by atoms with Gasteiger partial charge in [0.05, 0.1) is 7.11 Å². The maximum Gasteiger partial charge on any atom is 0.119 e. The maximum atomic E-state index is 5.36. The van der Waals surface area contributed by atoms with Crippen LogP contribution >= 0.6 is 15.9 Å². The van der Waals surface area contributed by atoms with Crippen LogP contribution in [-0.2, 0) is 6.42 Å². The van der Waals surface area contributed by atoms with E-state index in [-0.39, 0.29) is 0 Å². The molecular formula is C17H26BrNO. The van der Waals surface area contributed by atoms with Crippen molar-refractivity contribution in [1.29, 1.82) is 0 Å². The Morgan fingerprint density at radius 3 is 2.65 bits per heavy atom. The van der Waals surface area contributed by atoms with Crippen LogP contribution in [0.5, 0.6) is 5.75 Å². The van der Waals surface area contributed by atoms with Gasteiger partial charge < -0.3 is 10.1 Å². The minimum Gasteiger partial charge on any atom is -0.497 e.